The number of nitrogens with one attached hydrogen (secondary N) is 1. The third-order valence-electron chi connectivity index (χ3n) is 1.83. The van der Waals surface area contributed by atoms with E-state index in [4.69, 9.17) is 16.3 Å². The summed E-state index contributed by atoms with van der Waals surface area (Å²) in [6.07, 6.45) is 0. The molecule has 0 unspecified atom stereocenters. The van der Waals surface area contributed by atoms with Crippen LogP contribution < -0.4 is 10.1 Å². The monoisotopic (exact) mass is 199 g/mol. The first-order chi connectivity index (χ1) is 6.27. The third-order valence-corrected chi connectivity index (χ3v) is 2.18. The van der Waals surface area contributed by atoms with Gasteiger partial charge < -0.3 is 10.1 Å². The van der Waals surface area contributed by atoms with E-state index in [2.05, 4.69) is 12.2 Å². The molecule has 0 heterocycles. The predicted octanol–water partition coefficient (Wildman–Crippen LogP) is 2.46. The summed E-state index contributed by atoms with van der Waals surface area (Å²) >= 11 is 6.02. The van der Waals surface area contributed by atoms with Crippen LogP contribution in [0.5, 0.6) is 5.75 Å². The number of halogens is 1. The molecule has 1 aromatic carbocycles. The molecule has 0 saturated carbocycles. The lowest BCUT2D eigenvalue weighted by Gasteiger charge is -2.06. The molecule has 0 aromatic heterocycles. The zero-order valence-corrected chi connectivity index (χ0v) is 8.69. The van der Waals surface area contributed by atoms with Crippen LogP contribution in [-0.2, 0) is 6.54 Å². The first-order valence-electron chi connectivity index (χ1n) is 4.31. The number of ether oxygens (including phenoxy) is 1. The number of methoxy groups -OCH3 is 1. The summed E-state index contributed by atoms with van der Waals surface area (Å²) in [5, 5.41) is 3.97. The average Bonchev–Trinajstić information content (AvgIpc) is 2.16. The van der Waals surface area contributed by atoms with Crippen LogP contribution >= 0.6 is 11.6 Å². The molecule has 0 saturated heterocycles. The van der Waals surface area contributed by atoms with Gasteiger partial charge in [0.1, 0.15) is 5.75 Å². The largest absolute Gasteiger partial charge is 0.497 e. The molecular formula is C10H14ClNO. The van der Waals surface area contributed by atoms with Gasteiger partial charge in [-0.1, -0.05) is 24.6 Å². The second-order valence-corrected chi connectivity index (χ2v) is 3.14. The molecule has 1 N–H and O–H groups in total. The molecule has 3 heteroatoms. The van der Waals surface area contributed by atoms with Gasteiger partial charge in [0.15, 0.2) is 0 Å². The van der Waals surface area contributed by atoms with Crippen molar-refractivity contribution in [2.45, 2.75) is 13.5 Å². The first kappa shape index (κ1) is 10.4. The predicted molar refractivity (Wildman–Crippen MR) is 55.4 cm³/mol. The van der Waals surface area contributed by atoms with E-state index in [0.29, 0.717) is 0 Å². The topological polar surface area (TPSA) is 21.3 Å². The molecule has 0 atom stereocenters. The highest BCUT2D eigenvalue weighted by Gasteiger charge is 2.00. The van der Waals surface area contributed by atoms with E-state index < -0.39 is 0 Å². The fraction of sp³-hybridized carbons (Fsp3) is 0.400. The van der Waals surface area contributed by atoms with Gasteiger partial charge in [-0.2, -0.15) is 0 Å². The molecule has 2 nitrogen and oxygen atoms in total. The Bertz CT molecular complexity index is 276. The molecule has 0 aliphatic heterocycles. The second-order valence-electron chi connectivity index (χ2n) is 2.74. The maximum Gasteiger partial charge on any atom is 0.120 e. The van der Waals surface area contributed by atoms with Crippen LogP contribution in [0, 0.1) is 0 Å². The van der Waals surface area contributed by atoms with Gasteiger partial charge in [0.25, 0.3) is 0 Å². The molecule has 72 valence electrons. The molecule has 0 spiro atoms. The Balaban J connectivity index is 2.73. The highest BCUT2D eigenvalue weighted by molar-refractivity contribution is 6.31. The van der Waals surface area contributed by atoms with Crippen LogP contribution in [0.3, 0.4) is 0 Å². The summed E-state index contributed by atoms with van der Waals surface area (Å²) in [5.41, 5.74) is 1.10. The Morgan fingerprint density at radius 1 is 1.46 bits per heavy atom. The number of rotatable bonds is 4. The second kappa shape index (κ2) is 5.10. The van der Waals surface area contributed by atoms with Gasteiger partial charge in [-0.05, 0) is 24.2 Å². The summed E-state index contributed by atoms with van der Waals surface area (Å²) in [4.78, 5) is 0. The summed E-state index contributed by atoms with van der Waals surface area (Å²) in [6, 6.07) is 5.72. The van der Waals surface area contributed by atoms with Gasteiger partial charge in [0, 0.05) is 11.6 Å². The maximum atomic E-state index is 6.02. The fourth-order valence-corrected chi connectivity index (χ4v) is 1.30. The lowest BCUT2D eigenvalue weighted by atomic mass is 10.2. The summed E-state index contributed by atoms with van der Waals surface area (Å²) in [6.45, 7) is 3.82. The van der Waals surface area contributed by atoms with Crippen molar-refractivity contribution in [2.24, 2.45) is 0 Å². The van der Waals surface area contributed by atoms with Crippen molar-refractivity contribution in [1.82, 2.24) is 5.32 Å². The Morgan fingerprint density at radius 3 is 2.77 bits per heavy atom. The van der Waals surface area contributed by atoms with Crippen molar-refractivity contribution < 1.29 is 4.74 Å². The zero-order valence-electron chi connectivity index (χ0n) is 7.93. The highest BCUT2D eigenvalue weighted by Crippen LogP contribution is 2.21. The van der Waals surface area contributed by atoms with Gasteiger partial charge in [-0.15, -0.1) is 0 Å². The Kier molecular flexibility index (Phi) is 4.06. The Labute approximate surface area is 83.9 Å². The van der Waals surface area contributed by atoms with Gasteiger partial charge in [-0.25, -0.2) is 0 Å². The van der Waals surface area contributed by atoms with Gasteiger partial charge in [0.2, 0.25) is 0 Å². The minimum atomic E-state index is 0.750. The van der Waals surface area contributed by atoms with Crippen molar-refractivity contribution in [3.8, 4) is 5.75 Å². The molecule has 13 heavy (non-hydrogen) atoms. The van der Waals surface area contributed by atoms with Crippen LogP contribution in [0.2, 0.25) is 5.02 Å². The smallest absolute Gasteiger partial charge is 0.120 e. The van der Waals surface area contributed by atoms with Crippen molar-refractivity contribution in [3.63, 3.8) is 0 Å². The van der Waals surface area contributed by atoms with E-state index in [1.807, 2.05) is 18.2 Å². The van der Waals surface area contributed by atoms with Crippen molar-refractivity contribution in [3.05, 3.63) is 28.8 Å². The molecule has 0 bridgehead atoms. The van der Waals surface area contributed by atoms with Gasteiger partial charge in [0.05, 0.1) is 7.11 Å². The number of benzene rings is 1. The van der Waals surface area contributed by atoms with E-state index in [0.717, 1.165) is 29.4 Å². The molecule has 0 aliphatic rings. The molecule has 0 radical (unpaired) electrons. The van der Waals surface area contributed by atoms with E-state index >= 15 is 0 Å². The molecule has 0 amide bonds. The van der Waals surface area contributed by atoms with Crippen LogP contribution in [0.25, 0.3) is 0 Å². The van der Waals surface area contributed by atoms with E-state index in [-0.39, 0.29) is 0 Å². The Morgan fingerprint density at radius 2 is 2.23 bits per heavy atom. The molecular weight excluding hydrogens is 186 g/mol. The van der Waals surface area contributed by atoms with E-state index in [9.17, 15) is 0 Å². The van der Waals surface area contributed by atoms with Crippen molar-refractivity contribution >= 4 is 11.6 Å². The standard InChI is InChI=1S/C10H14ClNO/c1-3-12-7-8-4-5-9(13-2)6-10(8)11/h4-6,12H,3,7H2,1-2H3. The number of hydrogen-bond donors (Lipinski definition) is 1. The first-order valence-corrected chi connectivity index (χ1v) is 4.69. The van der Waals surface area contributed by atoms with E-state index in [1.54, 1.807) is 7.11 Å². The lowest BCUT2D eigenvalue weighted by molar-refractivity contribution is 0.414. The van der Waals surface area contributed by atoms with Crippen LogP contribution in [0.1, 0.15) is 12.5 Å². The number of hydrogen-bond acceptors (Lipinski definition) is 2. The fourth-order valence-electron chi connectivity index (χ4n) is 1.06. The van der Waals surface area contributed by atoms with Crippen LogP contribution in [-0.4, -0.2) is 13.7 Å². The van der Waals surface area contributed by atoms with Crippen molar-refractivity contribution in [1.29, 1.82) is 0 Å². The van der Waals surface area contributed by atoms with Crippen LogP contribution in [0.15, 0.2) is 18.2 Å². The van der Waals surface area contributed by atoms with Crippen molar-refractivity contribution in [2.75, 3.05) is 13.7 Å². The summed E-state index contributed by atoms with van der Waals surface area (Å²) in [7, 11) is 1.63. The highest BCUT2D eigenvalue weighted by atomic mass is 35.5. The third kappa shape index (κ3) is 2.90. The van der Waals surface area contributed by atoms with Gasteiger partial charge >= 0.3 is 0 Å². The zero-order chi connectivity index (χ0) is 9.68. The van der Waals surface area contributed by atoms with Gasteiger partial charge in [-0.3, -0.25) is 0 Å². The summed E-state index contributed by atoms with van der Waals surface area (Å²) in [5.74, 6) is 0.797. The SMILES string of the molecule is CCNCc1ccc(OC)cc1Cl. The average molecular weight is 200 g/mol. The van der Waals surface area contributed by atoms with Crippen LogP contribution in [0.4, 0.5) is 0 Å². The van der Waals surface area contributed by atoms with E-state index in [1.165, 1.54) is 0 Å². The normalized spacial score (nSPS) is 10.1. The minimum absolute atomic E-state index is 0.750. The maximum absolute atomic E-state index is 6.02. The Hall–Kier alpha value is -0.730. The molecule has 1 rings (SSSR count). The molecule has 1 aromatic rings. The lowest BCUT2D eigenvalue weighted by Crippen LogP contribution is -2.11. The minimum Gasteiger partial charge on any atom is -0.497 e. The quantitative estimate of drug-likeness (QED) is 0.805. The molecule has 0 aliphatic carbocycles. The molecule has 0 fully saturated rings. The summed E-state index contributed by atoms with van der Waals surface area (Å²) < 4.78 is 5.05.